The maximum Gasteiger partial charge on any atom is 0.257 e. The number of para-hydroxylation sites is 3. The van der Waals surface area contributed by atoms with Crippen molar-refractivity contribution in [1.82, 2.24) is 9.13 Å². The topological polar surface area (TPSA) is 70.0 Å². The highest BCUT2D eigenvalue weighted by Crippen LogP contribution is 2.39. The maximum absolute atomic E-state index is 13.4. The van der Waals surface area contributed by atoms with Crippen LogP contribution in [0, 0.1) is 0 Å². The molecule has 0 bridgehead atoms. The van der Waals surface area contributed by atoms with E-state index in [2.05, 4.69) is 31.0 Å². The quantitative estimate of drug-likeness (QED) is 0.255. The largest absolute Gasteiger partial charge is 0.333 e. The Hall–Kier alpha value is -4.74. The molecular formula is C33H29N3O2. The van der Waals surface area contributed by atoms with Crippen molar-refractivity contribution in [3.05, 3.63) is 109 Å². The second-order valence-electron chi connectivity index (χ2n) is 9.31. The maximum atomic E-state index is 13.4. The van der Waals surface area contributed by atoms with E-state index in [0.29, 0.717) is 11.1 Å². The van der Waals surface area contributed by atoms with E-state index in [1.54, 1.807) is 23.0 Å². The minimum atomic E-state index is -0.126. The number of nitrogens with two attached hydrogens (primary N) is 1. The number of nitrogens with zero attached hydrogens (tertiary/aromatic N) is 2. The second-order valence-corrected chi connectivity index (χ2v) is 9.31. The summed E-state index contributed by atoms with van der Waals surface area (Å²) in [5.74, 6) is -0.249. The number of carbonyl (C=O) groups is 2. The van der Waals surface area contributed by atoms with Crippen molar-refractivity contribution in [2.75, 3.05) is 7.05 Å². The first-order chi connectivity index (χ1) is 18.4. The fourth-order valence-corrected chi connectivity index (χ4v) is 5.20. The van der Waals surface area contributed by atoms with Crippen LogP contribution in [0.25, 0.3) is 54.7 Å². The van der Waals surface area contributed by atoms with Gasteiger partial charge in [-0.15, -0.1) is 0 Å². The zero-order chi connectivity index (χ0) is 27.1. The molecule has 0 spiro atoms. The van der Waals surface area contributed by atoms with Gasteiger partial charge in [0.25, 0.3) is 11.8 Å². The van der Waals surface area contributed by atoms with Crippen molar-refractivity contribution >= 4 is 55.4 Å². The zero-order valence-corrected chi connectivity index (χ0v) is 21.8. The van der Waals surface area contributed by atoms with Crippen LogP contribution in [-0.2, 0) is 0 Å². The van der Waals surface area contributed by atoms with Gasteiger partial charge in [0, 0.05) is 38.3 Å². The number of aromatic nitrogens is 2. The van der Waals surface area contributed by atoms with Crippen LogP contribution >= 0.6 is 0 Å². The third-order valence-corrected chi connectivity index (χ3v) is 6.81. The standard InChI is InChI=1S/C32H24N2O2.CH5N/c1-19(2)31(35)33-27-14-7-6-11-24(27)26-18-21(16-17-29(26)33)22-12-9-13-25-23-10-5-8-15-28(23)34(30(22)25)32(36)20(3)4;1-2/h5-18H,1,3H2,2,4H3;2H2,1H3. The fourth-order valence-electron chi connectivity index (χ4n) is 5.20. The predicted octanol–water partition coefficient (Wildman–Crippen LogP) is 7.58. The van der Waals surface area contributed by atoms with Crippen LogP contribution in [0.1, 0.15) is 23.4 Å². The molecule has 0 fully saturated rings. The molecule has 5 heteroatoms. The lowest BCUT2D eigenvalue weighted by molar-refractivity contribution is 0.0957. The monoisotopic (exact) mass is 499 g/mol. The number of carbonyl (C=O) groups excluding carboxylic acids is 2. The highest BCUT2D eigenvalue weighted by molar-refractivity contribution is 6.20. The number of fused-ring (bicyclic) bond motifs is 6. The number of benzene rings is 4. The Morgan fingerprint density at radius 3 is 1.74 bits per heavy atom. The van der Waals surface area contributed by atoms with Gasteiger partial charge in [0.2, 0.25) is 0 Å². The van der Waals surface area contributed by atoms with Crippen molar-refractivity contribution in [1.29, 1.82) is 0 Å². The smallest absolute Gasteiger partial charge is 0.257 e. The summed E-state index contributed by atoms with van der Waals surface area (Å²) in [5, 5.41) is 4.00. The van der Waals surface area contributed by atoms with Gasteiger partial charge in [-0.25, -0.2) is 0 Å². The van der Waals surface area contributed by atoms with Gasteiger partial charge in [-0.2, -0.15) is 0 Å². The Balaban J connectivity index is 0.00000144. The van der Waals surface area contributed by atoms with E-state index in [1.807, 2.05) is 72.8 Å². The van der Waals surface area contributed by atoms with Crippen LogP contribution in [0.15, 0.2) is 109 Å². The lowest BCUT2D eigenvalue weighted by atomic mass is 10.00. The van der Waals surface area contributed by atoms with Gasteiger partial charge in [-0.3, -0.25) is 18.7 Å². The molecule has 6 rings (SSSR count). The van der Waals surface area contributed by atoms with Gasteiger partial charge in [0.15, 0.2) is 0 Å². The molecule has 188 valence electrons. The number of allylic oxidation sites excluding steroid dienone is 2. The van der Waals surface area contributed by atoms with Gasteiger partial charge in [-0.1, -0.05) is 73.8 Å². The molecule has 0 radical (unpaired) electrons. The molecule has 0 unspecified atom stereocenters. The molecule has 0 saturated carbocycles. The summed E-state index contributed by atoms with van der Waals surface area (Å²) in [6.07, 6.45) is 0. The van der Waals surface area contributed by atoms with Gasteiger partial charge in [-0.05, 0) is 50.7 Å². The van der Waals surface area contributed by atoms with E-state index in [-0.39, 0.29) is 11.8 Å². The molecule has 0 aliphatic rings. The van der Waals surface area contributed by atoms with Crippen LogP contribution in [0.2, 0.25) is 0 Å². The molecule has 0 amide bonds. The van der Waals surface area contributed by atoms with Crippen LogP contribution in [0.5, 0.6) is 0 Å². The van der Waals surface area contributed by atoms with E-state index in [9.17, 15) is 9.59 Å². The van der Waals surface area contributed by atoms with Gasteiger partial charge in [0.1, 0.15) is 0 Å². The lowest BCUT2D eigenvalue weighted by Crippen LogP contribution is -2.11. The van der Waals surface area contributed by atoms with Crippen LogP contribution in [-0.4, -0.2) is 28.0 Å². The van der Waals surface area contributed by atoms with E-state index in [1.165, 1.54) is 7.05 Å². The average Bonchev–Trinajstić information content (AvgIpc) is 3.46. The van der Waals surface area contributed by atoms with Crippen LogP contribution < -0.4 is 5.73 Å². The first-order valence-corrected chi connectivity index (χ1v) is 12.4. The molecular weight excluding hydrogens is 470 g/mol. The van der Waals surface area contributed by atoms with E-state index in [0.717, 1.165) is 54.7 Å². The summed E-state index contributed by atoms with van der Waals surface area (Å²) in [6.45, 7) is 11.3. The molecule has 2 aromatic heterocycles. The molecule has 4 aromatic carbocycles. The summed E-state index contributed by atoms with van der Waals surface area (Å²) in [4.78, 5) is 26.4. The molecule has 2 N–H and O–H groups in total. The van der Waals surface area contributed by atoms with Crippen molar-refractivity contribution in [2.45, 2.75) is 13.8 Å². The molecule has 0 atom stereocenters. The van der Waals surface area contributed by atoms with Crippen LogP contribution in [0.3, 0.4) is 0 Å². The number of rotatable bonds is 3. The Morgan fingerprint density at radius 2 is 1.11 bits per heavy atom. The lowest BCUT2D eigenvalue weighted by Gasteiger charge is -2.11. The third-order valence-electron chi connectivity index (χ3n) is 6.81. The summed E-state index contributed by atoms with van der Waals surface area (Å²) in [7, 11) is 1.50. The Labute approximate surface area is 221 Å². The summed E-state index contributed by atoms with van der Waals surface area (Å²) in [5.41, 5.74) is 10.8. The van der Waals surface area contributed by atoms with E-state index < -0.39 is 0 Å². The Morgan fingerprint density at radius 1 is 0.605 bits per heavy atom. The summed E-state index contributed by atoms with van der Waals surface area (Å²) < 4.78 is 3.51. The third kappa shape index (κ3) is 3.67. The van der Waals surface area contributed by atoms with Gasteiger partial charge < -0.3 is 5.73 Å². The predicted molar refractivity (Wildman–Crippen MR) is 159 cm³/mol. The first-order valence-electron chi connectivity index (χ1n) is 12.4. The fraction of sp³-hybridized carbons (Fsp3) is 0.0909. The van der Waals surface area contributed by atoms with Crippen molar-refractivity contribution in [3.8, 4) is 11.1 Å². The molecule has 6 aromatic rings. The minimum absolute atomic E-state index is 0.122. The average molecular weight is 500 g/mol. The molecule has 2 heterocycles. The molecule has 38 heavy (non-hydrogen) atoms. The molecule has 0 saturated heterocycles. The Bertz CT molecular complexity index is 1930. The molecule has 0 aliphatic heterocycles. The highest BCUT2D eigenvalue weighted by atomic mass is 16.2. The normalized spacial score (nSPS) is 11.1. The SMILES string of the molecule is C=C(C)C(=O)n1c2ccccc2c2cc(-c3cccc4c5ccccc5n(C(=O)C(=C)C)c34)ccc21.CN. The van der Waals surface area contributed by atoms with Crippen molar-refractivity contribution in [3.63, 3.8) is 0 Å². The zero-order valence-electron chi connectivity index (χ0n) is 21.8. The van der Waals surface area contributed by atoms with Crippen LogP contribution in [0.4, 0.5) is 0 Å². The van der Waals surface area contributed by atoms with E-state index >= 15 is 0 Å². The van der Waals surface area contributed by atoms with Gasteiger partial charge >= 0.3 is 0 Å². The number of hydrogen-bond acceptors (Lipinski definition) is 3. The molecule has 0 aliphatic carbocycles. The highest BCUT2D eigenvalue weighted by Gasteiger charge is 2.21. The second kappa shape index (κ2) is 9.61. The van der Waals surface area contributed by atoms with Crippen molar-refractivity contribution < 1.29 is 9.59 Å². The number of hydrogen-bond donors (Lipinski definition) is 1. The Kier molecular flexibility index (Phi) is 6.31. The summed E-state index contributed by atoms with van der Waals surface area (Å²) in [6, 6.07) is 28.1. The minimum Gasteiger partial charge on any atom is -0.333 e. The first kappa shape index (κ1) is 24.9. The van der Waals surface area contributed by atoms with Gasteiger partial charge in [0.05, 0.1) is 22.1 Å². The van der Waals surface area contributed by atoms with Crippen molar-refractivity contribution in [2.24, 2.45) is 5.73 Å². The molecule has 5 nitrogen and oxygen atoms in total. The summed E-state index contributed by atoms with van der Waals surface area (Å²) >= 11 is 0. The van der Waals surface area contributed by atoms with E-state index in [4.69, 9.17) is 0 Å².